The van der Waals surface area contributed by atoms with Crippen molar-refractivity contribution in [2.45, 2.75) is 82.8 Å². The second-order valence-electron chi connectivity index (χ2n) is 7.84. The van der Waals surface area contributed by atoms with Crippen LogP contribution in [0.5, 0.6) is 0 Å². The predicted octanol–water partition coefficient (Wildman–Crippen LogP) is -1.41. The molecule has 0 heterocycles. The summed E-state index contributed by atoms with van der Waals surface area (Å²) in [6.07, 6.45) is 5.36. The van der Waals surface area contributed by atoms with Gasteiger partial charge in [-0.2, -0.15) is 0 Å². The monoisotopic (exact) mass is 457 g/mol. The van der Waals surface area contributed by atoms with E-state index in [0.29, 0.717) is 64.6 Å². The van der Waals surface area contributed by atoms with Crippen LogP contribution in [0.1, 0.15) is 64.7 Å². The van der Waals surface area contributed by atoms with Crippen LogP contribution in [0.25, 0.3) is 0 Å². The second kappa shape index (κ2) is 18.3. The van der Waals surface area contributed by atoms with Crippen LogP contribution in [0.15, 0.2) is 0 Å². The van der Waals surface area contributed by atoms with Crippen LogP contribution in [0.3, 0.4) is 0 Å². The molecule has 11 nitrogen and oxygen atoms in total. The van der Waals surface area contributed by atoms with E-state index in [2.05, 4.69) is 21.3 Å². The maximum Gasteiger partial charge on any atom is 0.243 e. The van der Waals surface area contributed by atoms with Gasteiger partial charge in [0.15, 0.2) is 0 Å². The van der Waals surface area contributed by atoms with Gasteiger partial charge < -0.3 is 38.5 Å². The summed E-state index contributed by atoms with van der Waals surface area (Å²) in [5.41, 5.74) is 16.6. The quantitative estimate of drug-likeness (QED) is 0.123. The van der Waals surface area contributed by atoms with Crippen LogP contribution >= 0.6 is 0 Å². The fourth-order valence-corrected chi connectivity index (χ4v) is 3.25. The van der Waals surface area contributed by atoms with E-state index in [0.717, 1.165) is 12.8 Å². The zero-order valence-electron chi connectivity index (χ0n) is 19.6. The van der Waals surface area contributed by atoms with Crippen LogP contribution in [0, 0.1) is 0 Å². The minimum absolute atomic E-state index is 0.305. The highest BCUT2D eigenvalue weighted by Crippen LogP contribution is 2.07. The summed E-state index contributed by atoms with van der Waals surface area (Å²) in [5, 5.41) is 10.7. The lowest BCUT2D eigenvalue weighted by Crippen LogP contribution is -2.56. The second-order valence-corrected chi connectivity index (χ2v) is 7.84. The molecule has 11 heteroatoms. The topological polar surface area (TPSA) is 194 Å². The Morgan fingerprint density at radius 3 is 1.25 bits per heavy atom. The summed E-state index contributed by atoms with van der Waals surface area (Å²) < 4.78 is 0. The van der Waals surface area contributed by atoms with Crippen molar-refractivity contribution in [2.75, 3.05) is 26.7 Å². The molecule has 0 aromatic carbocycles. The smallest absolute Gasteiger partial charge is 0.243 e. The van der Waals surface area contributed by atoms with Gasteiger partial charge in [0.25, 0.3) is 0 Å². The number of hydrogen-bond donors (Lipinski definition) is 7. The molecule has 0 aliphatic carbocycles. The van der Waals surface area contributed by atoms with Crippen molar-refractivity contribution in [3.05, 3.63) is 0 Å². The van der Waals surface area contributed by atoms with Gasteiger partial charge in [0.1, 0.15) is 18.1 Å². The van der Waals surface area contributed by atoms with E-state index in [1.54, 1.807) is 0 Å². The Balaban J connectivity index is 5.30. The molecular weight excluding hydrogens is 414 g/mol. The Hall–Kier alpha value is -2.24. The van der Waals surface area contributed by atoms with Crippen molar-refractivity contribution in [2.24, 2.45) is 17.2 Å². The largest absolute Gasteiger partial charge is 0.357 e. The number of nitrogens with one attached hydrogen (secondary N) is 4. The van der Waals surface area contributed by atoms with Gasteiger partial charge in [0.05, 0.1) is 0 Å². The SMILES string of the molecule is CNC(=O)C(CCCCN)NC(=O)C(CCCCN)NC(=O)C(CCCCN)NC(C)=O. The van der Waals surface area contributed by atoms with Gasteiger partial charge in [-0.25, -0.2) is 0 Å². The summed E-state index contributed by atoms with van der Waals surface area (Å²) in [4.78, 5) is 49.6. The molecule has 0 aromatic rings. The number of carbonyl (C=O) groups is 4. The van der Waals surface area contributed by atoms with Crippen LogP contribution in [0.2, 0.25) is 0 Å². The third-order valence-electron chi connectivity index (χ3n) is 5.05. The van der Waals surface area contributed by atoms with E-state index in [1.165, 1.54) is 14.0 Å². The maximum absolute atomic E-state index is 13.0. The predicted molar refractivity (Wildman–Crippen MR) is 124 cm³/mol. The molecule has 0 bridgehead atoms. The number of likely N-dealkylation sites (N-methyl/N-ethyl adjacent to an activating group) is 1. The highest BCUT2D eigenvalue weighted by molar-refractivity contribution is 5.94. The van der Waals surface area contributed by atoms with Gasteiger partial charge in [-0.05, 0) is 77.4 Å². The first-order valence-electron chi connectivity index (χ1n) is 11.5. The van der Waals surface area contributed by atoms with Crippen LogP contribution in [-0.2, 0) is 19.2 Å². The number of amides is 4. The van der Waals surface area contributed by atoms with E-state index in [-0.39, 0.29) is 11.8 Å². The molecular formula is C21H43N7O4. The van der Waals surface area contributed by atoms with Gasteiger partial charge in [0.2, 0.25) is 23.6 Å². The standard InChI is InChI=1S/C21H43N7O4/c1-15(29)26-17(10-4-7-13-23)20(31)28-18(11-5-8-14-24)21(32)27-16(19(30)25-2)9-3-6-12-22/h16-18H,3-14,22-24H2,1-2H3,(H,25,30)(H,26,29)(H,27,32)(H,28,31). The van der Waals surface area contributed by atoms with E-state index in [9.17, 15) is 19.2 Å². The van der Waals surface area contributed by atoms with E-state index >= 15 is 0 Å². The Labute approximate surface area is 191 Å². The average molecular weight is 458 g/mol. The van der Waals surface area contributed by atoms with Crippen LogP contribution < -0.4 is 38.5 Å². The molecule has 0 aliphatic rings. The third-order valence-corrected chi connectivity index (χ3v) is 5.05. The van der Waals surface area contributed by atoms with Crippen LogP contribution in [0.4, 0.5) is 0 Å². The number of carbonyl (C=O) groups excluding carboxylic acids is 4. The molecule has 3 atom stereocenters. The van der Waals surface area contributed by atoms with Crippen molar-refractivity contribution in [1.29, 1.82) is 0 Å². The van der Waals surface area contributed by atoms with E-state index in [4.69, 9.17) is 17.2 Å². The number of unbranched alkanes of at least 4 members (excludes halogenated alkanes) is 3. The number of nitrogens with two attached hydrogens (primary N) is 3. The molecule has 0 saturated heterocycles. The lowest BCUT2D eigenvalue weighted by Gasteiger charge is -2.25. The highest BCUT2D eigenvalue weighted by atomic mass is 16.2. The molecule has 3 unspecified atom stereocenters. The Bertz CT molecular complexity index is 574. The summed E-state index contributed by atoms with van der Waals surface area (Å²) in [6, 6.07) is -2.33. The summed E-state index contributed by atoms with van der Waals surface area (Å²) in [5.74, 6) is -1.52. The summed E-state index contributed by atoms with van der Waals surface area (Å²) in [7, 11) is 1.50. The number of rotatable bonds is 18. The van der Waals surface area contributed by atoms with Crippen molar-refractivity contribution in [3.63, 3.8) is 0 Å². The zero-order valence-corrected chi connectivity index (χ0v) is 19.6. The zero-order chi connectivity index (χ0) is 24.4. The van der Waals surface area contributed by atoms with Gasteiger partial charge in [0, 0.05) is 14.0 Å². The van der Waals surface area contributed by atoms with Crippen molar-refractivity contribution < 1.29 is 19.2 Å². The fraction of sp³-hybridized carbons (Fsp3) is 0.810. The molecule has 0 fully saturated rings. The third kappa shape index (κ3) is 13.2. The minimum atomic E-state index is -0.846. The molecule has 186 valence electrons. The van der Waals surface area contributed by atoms with E-state index in [1.807, 2.05) is 0 Å². The first kappa shape index (κ1) is 29.8. The Morgan fingerprint density at radius 2 is 0.938 bits per heavy atom. The molecule has 0 saturated carbocycles. The Kier molecular flexibility index (Phi) is 17.1. The lowest BCUT2D eigenvalue weighted by atomic mass is 10.0. The van der Waals surface area contributed by atoms with Gasteiger partial charge >= 0.3 is 0 Å². The molecule has 4 amide bonds. The minimum Gasteiger partial charge on any atom is -0.357 e. The highest BCUT2D eigenvalue weighted by Gasteiger charge is 2.28. The molecule has 32 heavy (non-hydrogen) atoms. The Morgan fingerprint density at radius 1 is 0.594 bits per heavy atom. The average Bonchev–Trinajstić information content (AvgIpc) is 2.76. The summed E-state index contributed by atoms with van der Waals surface area (Å²) in [6.45, 7) is 2.80. The molecule has 0 rings (SSSR count). The van der Waals surface area contributed by atoms with Crippen molar-refractivity contribution in [1.82, 2.24) is 21.3 Å². The fourth-order valence-electron chi connectivity index (χ4n) is 3.25. The first-order chi connectivity index (χ1) is 15.3. The molecule has 0 aromatic heterocycles. The van der Waals surface area contributed by atoms with Crippen LogP contribution in [-0.4, -0.2) is 68.4 Å². The first-order valence-corrected chi connectivity index (χ1v) is 11.5. The van der Waals surface area contributed by atoms with Crippen molar-refractivity contribution in [3.8, 4) is 0 Å². The van der Waals surface area contributed by atoms with Gasteiger partial charge in [-0.1, -0.05) is 0 Å². The summed E-state index contributed by atoms with van der Waals surface area (Å²) >= 11 is 0. The molecule has 0 radical (unpaired) electrons. The van der Waals surface area contributed by atoms with Gasteiger partial charge in [-0.3, -0.25) is 19.2 Å². The maximum atomic E-state index is 13.0. The van der Waals surface area contributed by atoms with Gasteiger partial charge in [-0.15, -0.1) is 0 Å². The lowest BCUT2D eigenvalue weighted by molar-refractivity contribution is -0.133. The van der Waals surface area contributed by atoms with E-state index < -0.39 is 29.9 Å². The molecule has 10 N–H and O–H groups in total. The molecule has 0 aliphatic heterocycles. The normalized spacial score (nSPS) is 13.5. The number of hydrogen-bond acceptors (Lipinski definition) is 7. The van der Waals surface area contributed by atoms with Crippen molar-refractivity contribution >= 4 is 23.6 Å². The molecule has 0 spiro atoms.